The molecule has 538 valence electrons. The summed E-state index contributed by atoms with van der Waals surface area (Å²) in [6, 6.07) is 20.1. The first-order valence-corrected chi connectivity index (χ1v) is 33.2. The van der Waals surface area contributed by atoms with Crippen LogP contribution in [-0.2, 0) is 49.7 Å². The smallest absolute Gasteiger partial charge is 0.229 e. The highest BCUT2D eigenvalue weighted by molar-refractivity contribution is 5.94. The van der Waals surface area contributed by atoms with E-state index in [1.165, 1.54) is 38.5 Å². The highest BCUT2D eigenvalue weighted by atomic mass is 16.2. The molecule has 2 aliphatic rings. The van der Waals surface area contributed by atoms with Gasteiger partial charge < -0.3 is 47.4 Å². The molecule has 0 atom stereocenters. The lowest BCUT2D eigenvalue weighted by molar-refractivity contribution is -0.138. The van der Waals surface area contributed by atoms with Crippen molar-refractivity contribution >= 4 is 58.9 Å². The van der Waals surface area contributed by atoms with Crippen LogP contribution in [0.2, 0.25) is 0 Å². The van der Waals surface area contributed by atoms with E-state index in [9.17, 15) is 43.2 Å². The minimum absolute atomic E-state index is 0.0405. The Morgan fingerprint density at radius 3 is 1.08 bits per heavy atom. The Labute approximate surface area is 567 Å². The molecular weight excluding hydrogens is 1170 g/mol. The Kier molecular flexibility index (Phi) is 44.7. The molecule has 2 aromatic carbocycles. The Hall–Kier alpha value is -6.33. The number of benzene rings is 2. The predicted molar refractivity (Wildman–Crippen MR) is 389 cm³/mol. The monoisotopic (exact) mass is 1310 g/mol. The number of amides is 9. The Bertz CT molecular complexity index is 2470. The number of nitrogens with one attached hydrogen (secondary N) is 6. The molecule has 18 nitrogen and oxygen atoms in total. The lowest BCUT2D eigenvalue weighted by Gasteiger charge is -2.25. The first kappa shape index (κ1) is 95.4. The van der Waals surface area contributed by atoms with Gasteiger partial charge in [0.1, 0.15) is 0 Å². The second kappa shape index (κ2) is 43.6. The molecule has 4 rings (SSSR count). The molecule has 18 heteroatoms. The molecule has 93 heavy (non-hydrogen) atoms. The van der Waals surface area contributed by atoms with Crippen molar-refractivity contribution in [2.75, 3.05) is 46.1 Å². The van der Waals surface area contributed by atoms with Crippen LogP contribution in [0.4, 0.5) is 5.69 Å². The highest BCUT2D eigenvalue weighted by Crippen LogP contribution is 2.23. The Morgan fingerprint density at radius 1 is 0.473 bits per heavy atom. The van der Waals surface area contributed by atoms with E-state index in [-0.39, 0.29) is 102 Å². The summed E-state index contributed by atoms with van der Waals surface area (Å²) < 4.78 is 0. The molecular formula is C75H139N9O9. The molecule has 0 radical (unpaired) electrons. The summed E-state index contributed by atoms with van der Waals surface area (Å²) in [7, 11) is 5.19. The van der Waals surface area contributed by atoms with Crippen LogP contribution in [-0.4, -0.2) is 116 Å². The van der Waals surface area contributed by atoms with E-state index in [4.69, 9.17) is 5.73 Å². The zero-order valence-corrected chi connectivity index (χ0v) is 65.1. The maximum absolute atomic E-state index is 11.6. The van der Waals surface area contributed by atoms with Crippen LogP contribution in [0.5, 0.6) is 0 Å². The number of nitrogens with two attached hydrogens (primary N) is 1. The number of carbonyl (C=O) groups is 9. The minimum atomic E-state index is -0.361. The number of nitrogens with zero attached hydrogens (tertiary/aromatic N) is 2. The summed E-state index contributed by atoms with van der Waals surface area (Å²) in [5.74, 6) is 0.837. The molecule has 0 spiro atoms. The summed E-state index contributed by atoms with van der Waals surface area (Å²) in [4.78, 5) is 104. The van der Waals surface area contributed by atoms with Crippen molar-refractivity contribution in [3.8, 4) is 0 Å². The fourth-order valence-electron chi connectivity index (χ4n) is 6.70. The summed E-state index contributed by atoms with van der Waals surface area (Å²) >= 11 is 0. The molecule has 0 aromatic heterocycles. The van der Waals surface area contributed by atoms with Gasteiger partial charge in [-0.15, -0.1) is 0 Å². The number of carbonyl (C=O) groups excluding carboxylic acids is 9. The fourth-order valence-corrected chi connectivity index (χ4v) is 6.70. The van der Waals surface area contributed by atoms with Gasteiger partial charge in [-0.2, -0.15) is 0 Å². The minimum Gasteiger partial charge on any atom is -0.369 e. The van der Waals surface area contributed by atoms with Gasteiger partial charge in [0.15, 0.2) is 0 Å². The zero-order chi connectivity index (χ0) is 74.5. The van der Waals surface area contributed by atoms with E-state index in [0.29, 0.717) is 18.5 Å². The number of rotatable bonds is 6. The van der Waals surface area contributed by atoms with Crippen LogP contribution < -0.4 is 37.6 Å². The van der Waals surface area contributed by atoms with Crippen LogP contribution in [0.25, 0.3) is 0 Å². The molecule has 1 saturated carbocycles. The number of hydrogen-bond donors (Lipinski definition) is 7. The molecule has 0 bridgehead atoms. The molecule has 8 N–H and O–H groups in total. The first-order chi connectivity index (χ1) is 41.6. The Morgan fingerprint density at radius 2 is 0.828 bits per heavy atom. The van der Waals surface area contributed by atoms with Crippen LogP contribution in [0, 0.1) is 48.7 Å². The number of primary amides is 1. The van der Waals surface area contributed by atoms with Crippen molar-refractivity contribution in [2.24, 2.45) is 54.5 Å². The summed E-state index contributed by atoms with van der Waals surface area (Å²) in [5.41, 5.74) is 4.50. The average Bonchev–Trinajstić information content (AvgIpc) is 2.33. The number of para-hydroxylation sites is 1. The molecule has 9 amide bonds. The second-order valence-corrected chi connectivity index (χ2v) is 33.3. The third-order valence-electron chi connectivity index (χ3n) is 12.9. The third-order valence-corrected chi connectivity index (χ3v) is 12.9. The van der Waals surface area contributed by atoms with Crippen molar-refractivity contribution < 1.29 is 43.2 Å². The maximum atomic E-state index is 11.6. The van der Waals surface area contributed by atoms with Crippen LogP contribution in [0.3, 0.4) is 0 Å². The molecule has 2 fully saturated rings. The summed E-state index contributed by atoms with van der Waals surface area (Å²) in [6.45, 7) is 60.5. The average molecular weight is 1310 g/mol. The van der Waals surface area contributed by atoms with Gasteiger partial charge in [-0.1, -0.05) is 248 Å². The van der Waals surface area contributed by atoms with E-state index in [2.05, 4.69) is 31.9 Å². The van der Waals surface area contributed by atoms with Gasteiger partial charge in [0, 0.05) is 114 Å². The largest absolute Gasteiger partial charge is 0.369 e. The van der Waals surface area contributed by atoms with Crippen LogP contribution in [0.15, 0.2) is 60.7 Å². The van der Waals surface area contributed by atoms with E-state index in [1.807, 2.05) is 253 Å². The summed E-state index contributed by atoms with van der Waals surface area (Å²) in [5, 5.41) is 17.0. The van der Waals surface area contributed by atoms with Gasteiger partial charge in [-0.3, -0.25) is 43.2 Å². The van der Waals surface area contributed by atoms with Gasteiger partial charge in [-0.25, -0.2) is 0 Å². The second-order valence-electron chi connectivity index (χ2n) is 33.3. The number of anilines is 1. The van der Waals surface area contributed by atoms with Crippen molar-refractivity contribution in [2.45, 2.75) is 265 Å². The number of likely N-dealkylation sites (tertiary alicyclic amines) is 1. The maximum Gasteiger partial charge on any atom is 0.229 e. The van der Waals surface area contributed by atoms with E-state index < -0.39 is 0 Å². The zero-order valence-electron chi connectivity index (χ0n) is 65.1. The molecule has 1 heterocycles. The molecule has 1 aliphatic heterocycles. The SMILES string of the molecule is CC(C)(C)C(=O)N1CCCC1.CC(C)(C)C(=O)NC1CCCC1.CC(C)(C)C(=O)NCc1ccccc1.CC(C)(C)C(=O)Nc1ccccc1.CC(C)(C)C(N)=O.CC(C)NC(=O)C(C)(C)C.CCNC(=O)C(C)(C)C.CN(C)C(=O)C(C)(C)C.CNC(=O)C(C)(C)C. The van der Waals surface area contributed by atoms with Crippen molar-refractivity contribution in [1.82, 2.24) is 36.4 Å². The molecule has 2 aromatic rings. The van der Waals surface area contributed by atoms with Crippen molar-refractivity contribution in [3.63, 3.8) is 0 Å². The van der Waals surface area contributed by atoms with E-state index in [1.54, 1.807) is 46.8 Å². The predicted octanol–water partition coefficient (Wildman–Crippen LogP) is 13.9. The van der Waals surface area contributed by atoms with Gasteiger partial charge in [-0.05, 0) is 64.2 Å². The van der Waals surface area contributed by atoms with Gasteiger partial charge in [0.05, 0.1) is 0 Å². The van der Waals surface area contributed by atoms with Crippen molar-refractivity contribution in [3.05, 3.63) is 66.2 Å². The lowest BCUT2D eigenvalue weighted by atomic mass is 9.95. The van der Waals surface area contributed by atoms with Crippen molar-refractivity contribution in [1.29, 1.82) is 0 Å². The molecule has 1 aliphatic carbocycles. The molecule has 1 saturated heterocycles. The normalized spacial score (nSPS) is 13.2. The highest BCUT2D eigenvalue weighted by Gasteiger charge is 2.30. The van der Waals surface area contributed by atoms with E-state index >= 15 is 0 Å². The molecule has 0 unspecified atom stereocenters. The van der Waals surface area contributed by atoms with Gasteiger partial charge in [0.2, 0.25) is 53.2 Å². The van der Waals surface area contributed by atoms with Crippen LogP contribution >= 0.6 is 0 Å². The first-order valence-electron chi connectivity index (χ1n) is 33.2. The fraction of sp³-hybridized carbons (Fsp3) is 0.720. The quantitative estimate of drug-likeness (QED) is 0.145. The standard InChI is InChI=1S/C12H17NO.C11H15NO.C10H19NO.C9H17NO.C8H17NO.2C7H15NO.C6H13NO.C5H11NO/c1-12(2,3)11(14)13-9-10-7-5-4-6-8-10;1-11(2,3)10(13)12-9-7-5-4-6-8-9;1-10(2,3)9(12)11-8-6-4-5-7-8;1-9(2,3)8(11)10-6-4-5-7-10;1-6(2)9-7(10)8(3,4)5;1-7(2,3)6(9)8(4)5;1-5-8-6(9)7(2,3)4;1-6(2,3)5(8)7-4;1-5(2,3)4(6)7/h4-8H,9H2,1-3H3,(H,13,14);4-8H,1-3H3,(H,12,13);8H,4-7H2,1-3H3,(H,11,12);4-7H2,1-3H3;6H,1-5H3,(H,9,10);1-5H3;5H2,1-4H3,(H,8,9);1-4H3,(H,7,8);1-3H3,(H2,6,7). The van der Waals surface area contributed by atoms with E-state index in [0.717, 1.165) is 30.9 Å². The van der Waals surface area contributed by atoms with Gasteiger partial charge >= 0.3 is 0 Å². The Balaban J connectivity index is -0.000000315. The number of hydrogen-bond acceptors (Lipinski definition) is 9. The van der Waals surface area contributed by atoms with Gasteiger partial charge in [0.25, 0.3) is 0 Å². The topological polar surface area (TPSA) is 258 Å². The third kappa shape index (κ3) is 51.7. The van der Waals surface area contributed by atoms with Crippen LogP contribution in [0.1, 0.15) is 252 Å². The lowest BCUT2D eigenvalue weighted by Crippen LogP contribution is -2.40. The summed E-state index contributed by atoms with van der Waals surface area (Å²) in [6.07, 6.45) is 7.25.